The minimum absolute atomic E-state index is 0.590. The zero-order valence-corrected chi connectivity index (χ0v) is 9.40. The number of aliphatic hydroxyl groups is 1. The van der Waals surface area contributed by atoms with Crippen LogP contribution in [-0.2, 0) is 5.60 Å². The molecule has 1 aromatic carbocycles. The minimum atomic E-state index is -0.590. The van der Waals surface area contributed by atoms with Crippen molar-refractivity contribution < 1.29 is 5.11 Å². The van der Waals surface area contributed by atoms with Crippen LogP contribution in [0.25, 0.3) is 0 Å². The first kappa shape index (κ1) is 9.50. The number of halogens is 2. The number of hydrogen-bond donors (Lipinski definition) is 1. The topological polar surface area (TPSA) is 20.2 Å². The maximum absolute atomic E-state index is 10.0. The highest BCUT2D eigenvalue weighted by atomic mass is 79.9. The molecule has 0 amide bonds. The summed E-state index contributed by atoms with van der Waals surface area (Å²) in [7, 11) is 0. The van der Waals surface area contributed by atoms with Gasteiger partial charge in [-0.05, 0) is 52.9 Å². The fourth-order valence-corrected chi connectivity index (χ4v) is 2.08. The second-order valence-electron chi connectivity index (χ2n) is 3.51. The van der Waals surface area contributed by atoms with Gasteiger partial charge in [0.25, 0.3) is 0 Å². The van der Waals surface area contributed by atoms with E-state index in [0.717, 1.165) is 29.3 Å². The molecule has 0 unspecified atom stereocenters. The van der Waals surface area contributed by atoms with Crippen molar-refractivity contribution >= 4 is 27.5 Å². The molecule has 0 aliphatic heterocycles. The third kappa shape index (κ3) is 1.63. The van der Waals surface area contributed by atoms with E-state index in [9.17, 15) is 5.11 Å². The predicted molar refractivity (Wildman–Crippen MR) is 56.9 cm³/mol. The van der Waals surface area contributed by atoms with Crippen LogP contribution in [0.5, 0.6) is 0 Å². The summed E-state index contributed by atoms with van der Waals surface area (Å²) >= 11 is 9.21. The van der Waals surface area contributed by atoms with Gasteiger partial charge in [-0.3, -0.25) is 0 Å². The summed E-state index contributed by atoms with van der Waals surface area (Å²) in [5, 5.41) is 10.7. The molecule has 1 aliphatic carbocycles. The Morgan fingerprint density at radius 1 is 1.38 bits per heavy atom. The largest absolute Gasteiger partial charge is 0.385 e. The molecule has 0 aromatic heterocycles. The van der Waals surface area contributed by atoms with E-state index in [1.807, 2.05) is 18.2 Å². The summed E-state index contributed by atoms with van der Waals surface area (Å²) in [5.74, 6) is 0. The van der Waals surface area contributed by atoms with Crippen LogP contribution in [0.1, 0.15) is 24.8 Å². The number of rotatable bonds is 1. The molecule has 1 N–H and O–H groups in total. The van der Waals surface area contributed by atoms with Crippen molar-refractivity contribution in [1.29, 1.82) is 0 Å². The van der Waals surface area contributed by atoms with Crippen LogP contribution in [0.15, 0.2) is 22.7 Å². The monoisotopic (exact) mass is 260 g/mol. The molecule has 0 spiro atoms. The summed E-state index contributed by atoms with van der Waals surface area (Å²) < 4.78 is 0.854. The highest BCUT2D eigenvalue weighted by Crippen LogP contribution is 2.42. The Hall–Kier alpha value is -0.0500. The van der Waals surface area contributed by atoms with Gasteiger partial charge in [-0.2, -0.15) is 0 Å². The van der Waals surface area contributed by atoms with Crippen LogP contribution >= 0.6 is 27.5 Å². The molecule has 1 fully saturated rings. The van der Waals surface area contributed by atoms with Gasteiger partial charge < -0.3 is 5.11 Å². The Balaban J connectivity index is 2.36. The lowest BCUT2D eigenvalue weighted by Crippen LogP contribution is -2.33. The Kier molecular flexibility index (Phi) is 2.39. The molecule has 13 heavy (non-hydrogen) atoms. The smallest absolute Gasteiger partial charge is 0.0897 e. The van der Waals surface area contributed by atoms with E-state index >= 15 is 0 Å². The minimum Gasteiger partial charge on any atom is -0.385 e. The lowest BCUT2D eigenvalue weighted by molar-refractivity contribution is -0.0388. The lowest BCUT2D eigenvalue weighted by Gasteiger charge is -2.37. The molecular weight excluding hydrogens is 251 g/mol. The maximum atomic E-state index is 10.0. The van der Waals surface area contributed by atoms with Gasteiger partial charge in [0.1, 0.15) is 0 Å². The molecule has 0 heterocycles. The van der Waals surface area contributed by atoms with Gasteiger partial charge in [-0.15, -0.1) is 0 Å². The van der Waals surface area contributed by atoms with Gasteiger partial charge >= 0.3 is 0 Å². The van der Waals surface area contributed by atoms with Gasteiger partial charge in [-0.1, -0.05) is 17.7 Å². The average molecular weight is 262 g/mol. The van der Waals surface area contributed by atoms with Gasteiger partial charge in [0, 0.05) is 4.47 Å². The molecular formula is C10H10BrClO. The highest BCUT2D eigenvalue weighted by molar-refractivity contribution is 9.10. The predicted octanol–water partition coefficient (Wildman–Crippen LogP) is 3.47. The Morgan fingerprint density at radius 2 is 2.08 bits per heavy atom. The Morgan fingerprint density at radius 3 is 2.54 bits per heavy atom. The van der Waals surface area contributed by atoms with Crippen LogP contribution < -0.4 is 0 Å². The molecule has 0 saturated heterocycles. The van der Waals surface area contributed by atoms with E-state index < -0.39 is 5.60 Å². The van der Waals surface area contributed by atoms with Gasteiger partial charge in [0.05, 0.1) is 10.6 Å². The Bertz CT molecular complexity index is 334. The SMILES string of the molecule is OC1(c2ccc(Cl)c(Br)c2)CCC1. The number of benzene rings is 1. The van der Waals surface area contributed by atoms with E-state index in [-0.39, 0.29) is 0 Å². The van der Waals surface area contributed by atoms with Crippen molar-refractivity contribution in [1.82, 2.24) is 0 Å². The van der Waals surface area contributed by atoms with E-state index in [1.54, 1.807) is 0 Å². The first-order valence-electron chi connectivity index (χ1n) is 4.30. The molecule has 1 aromatic rings. The maximum Gasteiger partial charge on any atom is 0.0897 e. The third-order valence-electron chi connectivity index (χ3n) is 2.64. The van der Waals surface area contributed by atoms with E-state index in [0.29, 0.717) is 5.02 Å². The second kappa shape index (κ2) is 3.26. The summed E-state index contributed by atoms with van der Waals surface area (Å²) in [6, 6.07) is 5.62. The molecule has 0 radical (unpaired) electrons. The summed E-state index contributed by atoms with van der Waals surface area (Å²) in [6.45, 7) is 0. The third-order valence-corrected chi connectivity index (χ3v) is 3.85. The molecule has 70 valence electrons. The van der Waals surface area contributed by atoms with E-state index in [2.05, 4.69) is 15.9 Å². The molecule has 0 bridgehead atoms. The van der Waals surface area contributed by atoms with Crippen LogP contribution in [0.4, 0.5) is 0 Å². The molecule has 1 aliphatic rings. The first-order valence-corrected chi connectivity index (χ1v) is 5.47. The first-order chi connectivity index (χ1) is 6.12. The molecule has 1 nitrogen and oxygen atoms in total. The fraction of sp³-hybridized carbons (Fsp3) is 0.400. The van der Waals surface area contributed by atoms with Crippen molar-refractivity contribution in [2.45, 2.75) is 24.9 Å². The fourth-order valence-electron chi connectivity index (χ4n) is 1.59. The van der Waals surface area contributed by atoms with E-state index in [1.165, 1.54) is 0 Å². The molecule has 2 rings (SSSR count). The van der Waals surface area contributed by atoms with Crippen molar-refractivity contribution in [2.75, 3.05) is 0 Å². The van der Waals surface area contributed by atoms with Crippen LogP contribution in [0, 0.1) is 0 Å². The van der Waals surface area contributed by atoms with Crippen molar-refractivity contribution in [3.63, 3.8) is 0 Å². The normalized spacial score (nSPS) is 19.6. The van der Waals surface area contributed by atoms with Crippen LogP contribution in [0.2, 0.25) is 5.02 Å². The zero-order chi connectivity index (χ0) is 9.47. The van der Waals surface area contributed by atoms with Crippen molar-refractivity contribution in [3.05, 3.63) is 33.3 Å². The van der Waals surface area contributed by atoms with Crippen LogP contribution in [0.3, 0.4) is 0 Å². The van der Waals surface area contributed by atoms with Gasteiger partial charge in [0.2, 0.25) is 0 Å². The highest BCUT2D eigenvalue weighted by Gasteiger charge is 2.36. The van der Waals surface area contributed by atoms with E-state index in [4.69, 9.17) is 11.6 Å². The lowest BCUT2D eigenvalue weighted by atomic mass is 9.75. The summed E-state index contributed by atoms with van der Waals surface area (Å²) in [6.07, 6.45) is 2.83. The zero-order valence-electron chi connectivity index (χ0n) is 7.06. The van der Waals surface area contributed by atoms with Crippen LogP contribution in [-0.4, -0.2) is 5.11 Å². The van der Waals surface area contributed by atoms with Gasteiger partial charge in [0.15, 0.2) is 0 Å². The van der Waals surface area contributed by atoms with Gasteiger partial charge in [-0.25, -0.2) is 0 Å². The quantitative estimate of drug-likeness (QED) is 0.821. The standard InChI is InChI=1S/C10H10BrClO/c11-8-6-7(2-3-9(8)12)10(13)4-1-5-10/h2-3,6,13H,1,4-5H2. The summed E-state index contributed by atoms with van der Waals surface area (Å²) in [5.41, 5.74) is 0.377. The molecule has 3 heteroatoms. The van der Waals surface area contributed by atoms with Crippen molar-refractivity contribution in [2.24, 2.45) is 0 Å². The van der Waals surface area contributed by atoms with Crippen molar-refractivity contribution in [3.8, 4) is 0 Å². The molecule has 0 atom stereocenters. The Labute approximate surface area is 90.9 Å². The average Bonchev–Trinajstić information content (AvgIpc) is 2.06. The summed E-state index contributed by atoms with van der Waals surface area (Å²) in [4.78, 5) is 0. The number of hydrogen-bond acceptors (Lipinski definition) is 1. The molecule has 1 saturated carbocycles. The second-order valence-corrected chi connectivity index (χ2v) is 4.78.